The van der Waals surface area contributed by atoms with Gasteiger partial charge in [-0.05, 0) is 18.2 Å². The first-order valence-corrected chi connectivity index (χ1v) is 9.30. The molecule has 5 aromatic rings. The highest BCUT2D eigenvalue weighted by molar-refractivity contribution is 5.53. The average molecular weight is 403 g/mol. The van der Waals surface area contributed by atoms with Crippen molar-refractivity contribution in [3.05, 3.63) is 72.2 Å². The van der Waals surface area contributed by atoms with E-state index in [2.05, 4.69) is 35.2 Å². The Morgan fingerprint density at radius 1 is 1.20 bits per heavy atom. The summed E-state index contributed by atoms with van der Waals surface area (Å²) in [6, 6.07) is 4.64. The number of hydrogen-bond donors (Lipinski definition) is 1. The monoisotopic (exact) mass is 403 g/mol. The molecule has 0 radical (unpaired) electrons. The molecular weight excluding hydrogens is 389 g/mol. The molecule has 0 unspecified atom stereocenters. The summed E-state index contributed by atoms with van der Waals surface area (Å²) in [6.45, 7) is 0.596. The van der Waals surface area contributed by atoms with Gasteiger partial charge >= 0.3 is 6.01 Å². The number of hydrogen-bond acceptors (Lipinski definition) is 8. The van der Waals surface area contributed by atoms with Crippen LogP contribution < -0.4 is 4.90 Å². The first-order valence-electron chi connectivity index (χ1n) is 9.30. The summed E-state index contributed by atoms with van der Waals surface area (Å²) >= 11 is 0. The molecule has 11 heteroatoms. The van der Waals surface area contributed by atoms with E-state index in [1.165, 1.54) is 10.6 Å². The minimum atomic E-state index is -0.408. The van der Waals surface area contributed by atoms with Gasteiger partial charge in [-0.2, -0.15) is 5.10 Å². The minimum absolute atomic E-state index is 0.269. The standard InChI is InChI=1S/C19H14FN9O/c20-11-2-1-6-29-15(11)8-13(27-29)17-16-12(23-10-24-16)3-7-28(17)19-26-25-18(30-19)14-9-21-4-5-22-14/h1-2,4-6,8-10,17H,3,7H2,(H,23,24)/t17-/m0/s1. The maximum Gasteiger partial charge on any atom is 0.319 e. The number of aromatic amines is 1. The van der Waals surface area contributed by atoms with Gasteiger partial charge < -0.3 is 14.3 Å². The number of rotatable bonds is 3. The van der Waals surface area contributed by atoms with Gasteiger partial charge in [0, 0.05) is 37.3 Å². The van der Waals surface area contributed by atoms with Crippen LogP contribution in [0.4, 0.5) is 10.4 Å². The first-order chi connectivity index (χ1) is 14.8. The highest BCUT2D eigenvalue weighted by Crippen LogP contribution is 2.36. The summed E-state index contributed by atoms with van der Waals surface area (Å²) in [5, 5.41) is 12.9. The molecule has 0 aliphatic carbocycles. The molecule has 1 atom stereocenters. The van der Waals surface area contributed by atoms with E-state index in [0.29, 0.717) is 29.5 Å². The Morgan fingerprint density at radius 3 is 3.03 bits per heavy atom. The molecule has 1 N–H and O–H groups in total. The molecule has 0 saturated heterocycles. The fraction of sp³-hybridized carbons (Fsp3) is 0.158. The number of H-pyrrole nitrogens is 1. The summed E-state index contributed by atoms with van der Waals surface area (Å²) in [5.74, 6) is -0.0747. The molecule has 0 bridgehead atoms. The Balaban J connectivity index is 1.46. The van der Waals surface area contributed by atoms with E-state index >= 15 is 0 Å². The Labute approximate surface area is 168 Å². The first kappa shape index (κ1) is 16.8. The summed E-state index contributed by atoms with van der Waals surface area (Å²) in [6.07, 6.45) is 8.76. The Morgan fingerprint density at radius 2 is 2.17 bits per heavy atom. The van der Waals surface area contributed by atoms with Crippen LogP contribution in [-0.2, 0) is 6.42 Å². The number of nitrogens with zero attached hydrogens (tertiary/aromatic N) is 8. The number of halogens is 1. The Hall–Kier alpha value is -4.15. The van der Waals surface area contributed by atoms with E-state index < -0.39 is 6.04 Å². The summed E-state index contributed by atoms with van der Waals surface area (Å²) < 4.78 is 21.7. The molecule has 0 aromatic carbocycles. The third kappa shape index (κ3) is 2.55. The molecule has 10 nitrogen and oxygen atoms in total. The molecule has 6 heterocycles. The smallest absolute Gasteiger partial charge is 0.319 e. The lowest BCUT2D eigenvalue weighted by Gasteiger charge is -2.32. The topological polar surface area (TPSA) is 114 Å². The van der Waals surface area contributed by atoms with Crippen molar-refractivity contribution >= 4 is 11.5 Å². The van der Waals surface area contributed by atoms with Crippen molar-refractivity contribution in [2.45, 2.75) is 12.5 Å². The molecule has 1 aliphatic heterocycles. The van der Waals surface area contributed by atoms with Crippen LogP contribution in [0.25, 0.3) is 17.1 Å². The van der Waals surface area contributed by atoms with Crippen molar-refractivity contribution in [2.75, 3.05) is 11.4 Å². The number of pyridine rings is 1. The van der Waals surface area contributed by atoms with Crippen LogP contribution in [-0.4, -0.2) is 46.3 Å². The lowest BCUT2D eigenvalue weighted by molar-refractivity contribution is 0.502. The second-order valence-corrected chi connectivity index (χ2v) is 6.85. The second-order valence-electron chi connectivity index (χ2n) is 6.85. The number of anilines is 1. The molecule has 30 heavy (non-hydrogen) atoms. The molecule has 0 spiro atoms. The fourth-order valence-electron chi connectivity index (χ4n) is 3.76. The number of aromatic nitrogens is 8. The third-order valence-electron chi connectivity index (χ3n) is 5.12. The molecule has 148 valence electrons. The minimum Gasteiger partial charge on any atom is -0.401 e. The van der Waals surface area contributed by atoms with Gasteiger partial charge in [-0.3, -0.25) is 4.98 Å². The molecule has 1 aliphatic rings. The zero-order valence-electron chi connectivity index (χ0n) is 15.5. The maximum absolute atomic E-state index is 14.3. The van der Waals surface area contributed by atoms with Crippen molar-refractivity contribution in [3.8, 4) is 11.6 Å². The van der Waals surface area contributed by atoms with Crippen LogP contribution in [0, 0.1) is 5.82 Å². The summed E-state index contributed by atoms with van der Waals surface area (Å²) in [5.41, 5.74) is 3.31. The normalized spacial score (nSPS) is 16.2. The zero-order valence-corrected chi connectivity index (χ0v) is 15.5. The molecule has 5 aromatic heterocycles. The van der Waals surface area contributed by atoms with Gasteiger partial charge in [-0.15, -0.1) is 5.10 Å². The Bertz CT molecular complexity index is 1340. The van der Waals surface area contributed by atoms with Crippen LogP contribution >= 0.6 is 0 Å². The molecule has 6 rings (SSSR count). The van der Waals surface area contributed by atoms with Crippen LogP contribution in [0.2, 0.25) is 0 Å². The van der Waals surface area contributed by atoms with E-state index in [4.69, 9.17) is 4.42 Å². The van der Waals surface area contributed by atoms with Crippen LogP contribution in [0.3, 0.4) is 0 Å². The number of imidazole rings is 1. The largest absolute Gasteiger partial charge is 0.401 e. The number of nitrogens with one attached hydrogen (secondary N) is 1. The SMILES string of the molecule is Fc1cccn2nc([C@H]3c4nc[nH]c4CCN3c3nnc(-c4cnccn4)o3)cc12. The second kappa shape index (κ2) is 6.44. The van der Waals surface area contributed by atoms with E-state index in [1.807, 2.05) is 4.90 Å². The molecule has 0 saturated carbocycles. The quantitative estimate of drug-likeness (QED) is 0.488. The van der Waals surface area contributed by atoms with Gasteiger partial charge in [0.25, 0.3) is 5.89 Å². The Kier molecular flexibility index (Phi) is 3.60. The van der Waals surface area contributed by atoms with Crippen molar-refractivity contribution < 1.29 is 8.81 Å². The van der Waals surface area contributed by atoms with E-state index in [9.17, 15) is 4.39 Å². The van der Waals surface area contributed by atoms with E-state index in [-0.39, 0.29) is 11.7 Å². The van der Waals surface area contributed by atoms with Crippen molar-refractivity contribution in [2.24, 2.45) is 0 Å². The lowest BCUT2D eigenvalue weighted by atomic mass is 10.0. The lowest BCUT2D eigenvalue weighted by Crippen LogP contribution is -2.36. The molecule has 0 fully saturated rings. The van der Waals surface area contributed by atoms with Gasteiger partial charge in [-0.1, -0.05) is 5.10 Å². The zero-order chi connectivity index (χ0) is 20.1. The maximum atomic E-state index is 14.3. The third-order valence-corrected chi connectivity index (χ3v) is 5.12. The van der Waals surface area contributed by atoms with E-state index in [0.717, 1.165) is 17.8 Å². The van der Waals surface area contributed by atoms with Gasteiger partial charge in [-0.25, -0.2) is 18.9 Å². The molecule has 0 amide bonds. The predicted octanol–water partition coefficient (Wildman–Crippen LogP) is 2.19. The van der Waals surface area contributed by atoms with Crippen molar-refractivity contribution in [1.29, 1.82) is 0 Å². The van der Waals surface area contributed by atoms with Crippen molar-refractivity contribution in [1.82, 2.24) is 39.7 Å². The summed E-state index contributed by atoms with van der Waals surface area (Å²) in [7, 11) is 0. The van der Waals surface area contributed by atoms with Gasteiger partial charge in [0.1, 0.15) is 23.1 Å². The van der Waals surface area contributed by atoms with Gasteiger partial charge in [0.05, 0.1) is 23.9 Å². The van der Waals surface area contributed by atoms with Crippen LogP contribution in [0.15, 0.2) is 53.7 Å². The summed E-state index contributed by atoms with van der Waals surface area (Å²) in [4.78, 5) is 17.8. The number of fused-ring (bicyclic) bond motifs is 2. The molecular formula is C19H14FN9O. The highest BCUT2D eigenvalue weighted by atomic mass is 19.1. The van der Waals surface area contributed by atoms with Gasteiger partial charge in [0.2, 0.25) is 0 Å². The van der Waals surface area contributed by atoms with E-state index in [1.54, 1.807) is 43.2 Å². The fourth-order valence-corrected chi connectivity index (χ4v) is 3.76. The highest BCUT2D eigenvalue weighted by Gasteiger charge is 2.36. The average Bonchev–Trinajstić information content (AvgIpc) is 3.52. The predicted molar refractivity (Wildman–Crippen MR) is 102 cm³/mol. The van der Waals surface area contributed by atoms with Gasteiger partial charge in [0.15, 0.2) is 0 Å². The van der Waals surface area contributed by atoms with Crippen LogP contribution in [0.1, 0.15) is 23.1 Å². The van der Waals surface area contributed by atoms with Crippen molar-refractivity contribution in [3.63, 3.8) is 0 Å². The van der Waals surface area contributed by atoms with Crippen LogP contribution in [0.5, 0.6) is 0 Å².